The fraction of sp³-hybridized carbons (Fsp3) is 0.333. The summed E-state index contributed by atoms with van der Waals surface area (Å²) >= 11 is 0. The van der Waals surface area contributed by atoms with E-state index in [9.17, 15) is 9.59 Å². The second-order valence-corrected chi connectivity index (χ2v) is 5.61. The number of carbonyl (C=O) groups is 2. The molecule has 1 amide bonds. The molecule has 1 heterocycles. The van der Waals surface area contributed by atoms with Crippen LogP contribution in [0.15, 0.2) is 42.6 Å². The lowest BCUT2D eigenvalue weighted by molar-refractivity contribution is -0.145. The van der Waals surface area contributed by atoms with Gasteiger partial charge in [-0.1, -0.05) is 45.5 Å². The molecule has 0 radical (unpaired) electrons. The van der Waals surface area contributed by atoms with Gasteiger partial charge in [0, 0.05) is 11.0 Å². The minimum atomic E-state index is -0.625. The van der Waals surface area contributed by atoms with Crippen molar-refractivity contribution in [2.24, 2.45) is 5.41 Å². The van der Waals surface area contributed by atoms with Crippen LogP contribution in [-0.2, 0) is 9.53 Å². The number of amides is 1. The summed E-state index contributed by atoms with van der Waals surface area (Å²) < 4.78 is 5.26. The lowest BCUT2D eigenvalue weighted by atomic mass is 9.93. The molecule has 4 nitrogen and oxygen atoms in total. The first-order valence-corrected chi connectivity index (χ1v) is 6.11. The predicted octanol–water partition coefficient (Wildman–Crippen LogP) is 2.57. The average Bonchev–Trinajstić information content (AvgIpc) is 2.66. The average molecular weight is 259 g/mol. The summed E-state index contributed by atoms with van der Waals surface area (Å²) in [6.45, 7) is 9.39. The van der Waals surface area contributed by atoms with Gasteiger partial charge < -0.3 is 4.74 Å². The highest BCUT2D eigenvalue weighted by atomic mass is 16.6. The van der Waals surface area contributed by atoms with Gasteiger partial charge >= 0.3 is 5.97 Å². The Morgan fingerprint density at radius 1 is 1.26 bits per heavy atom. The van der Waals surface area contributed by atoms with E-state index in [4.69, 9.17) is 4.74 Å². The highest BCUT2D eigenvalue weighted by Gasteiger charge is 2.45. The van der Waals surface area contributed by atoms with Crippen LogP contribution >= 0.6 is 0 Å². The zero-order valence-corrected chi connectivity index (χ0v) is 11.3. The lowest BCUT2D eigenvalue weighted by Crippen LogP contribution is -2.43. The Hall–Kier alpha value is -2.10. The van der Waals surface area contributed by atoms with E-state index in [2.05, 4.69) is 6.58 Å². The monoisotopic (exact) mass is 259 g/mol. The van der Waals surface area contributed by atoms with Gasteiger partial charge in [0.25, 0.3) is 5.91 Å². The molecule has 0 N–H and O–H groups in total. The van der Waals surface area contributed by atoms with Crippen molar-refractivity contribution in [3.63, 3.8) is 0 Å². The third-order valence-corrected chi connectivity index (χ3v) is 2.96. The standard InChI is InChI=1S/C15H17NO3/c1-10-13(18)19-14(15(2,3)4)16(10)12(17)11-8-6-5-7-9-11/h5-9,14H,1H2,2-4H3/t14-/m1/s1. The molecule has 4 heteroatoms. The van der Waals surface area contributed by atoms with Gasteiger partial charge in [0.1, 0.15) is 5.70 Å². The molecule has 1 aromatic rings. The van der Waals surface area contributed by atoms with E-state index in [1.54, 1.807) is 24.3 Å². The van der Waals surface area contributed by atoms with Crippen molar-refractivity contribution in [1.29, 1.82) is 0 Å². The zero-order chi connectivity index (χ0) is 14.2. The van der Waals surface area contributed by atoms with E-state index in [-0.39, 0.29) is 17.0 Å². The van der Waals surface area contributed by atoms with Gasteiger partial charge in [0.2, 0.25) is 0 Å². The van der Waals surface area contributed by atoms with Crippen LogP contribution < -0.4 is 0 Å². The molecule has 0 saturated carbocycles. The van der Waals surface area contributed by atoms with E-state index in [1.807, 2.05) is 26.8 Å². The Balaban J connectivity index is 2.38. The van der Waals surface area contributed by atoms with Crippen molar-refractivity contribution in [1.82, 2.24) is 4.90 Å². The summed E-state index contributed by atoms with van der Waals surface area (Å²) in [7, 11) is 0. The molecule has 2 rings (SSSR count). The van der Waals surface area contributed by atoms with E-state index < -0.39 is 12.2 Å². The molecular formula is C15H17NO3. The summed E-state index contributed by atoms with van der Waals surface area (Å²) in [4.78, 5) is 25.5. The first kappa shape index (κ1) is 13.3. The largest absolute Gasteiger partial charge is 0.436 e. The predicted molar refractivity (Wildman–Crippen MR) is 71.1 cm³/mol. The molecule has 0 aliphatic carbocycles. The summed E-state index contributed by atoms with van der Waals surface area (Å²) in [5, 5.41) is 0. The topological polar surface area (TPSA) is 46.6 Å². The number of benzene rings is 1. The van der Waals surface area contributed by atoms with Crippen LogP contribution in [0.3, 0.4) is 0 Å². The second kappa shape index (κ2) is 4.53. The Kier molecular flexibility index (Phi) is 3.18. The van der Waals surface area contributed by atoms with E-state index in [1.165, 1.54) is 4.90 Å². The summed E-state index contributed by atoms with van der Waals surface area (Å²) in [5.74, 6) is -0.805. The maximum atomic E-state index is 12.5. The quantitative estimate of drug-likeness (QED) is 0.575. The van der Waals surface area contributed by atoms with Gasteiger partial charge in [-0.05, 0) is 12.1 Å². The van der Waals surface area contributed by atoms with Gasteiger partial charge in [0.05, 0.1) is 0 Å². The summed E-state index contributed by atoms with van der Waals surface area (Å²) in [6.07, 6.45) is -0.625. The van der Waals surface area contributed by atoms with E-state index >= 15 is 0 Å². The third-order valence-electron chi connectivity index (χ3n) is 2.96. The molecule has 1 aliphatic rings. The first-order valence-electron chi connectivity index (χ1n) is 6.11. The van der Waals surface area contributed by atoms with Crippen LogP contribution in [-0.4, -0.2) is 23.0 Å². The maximum absolute atomic E-state index is 12.5. The number of esters is 1. The number of carbonyl (C=O) groups excluding carboxylic acids is 2. The first-order chi connectivity index (χ1) is 8.82. The molecule has 0 bridgehead atoms. The van der Waals surface area contributed by atoms with Gasteiger partial charge in [-0.15, -0.1) is 0 Å². The Morgan fingerprint density at radius 3 is 2.37 bits per heavy atom. The Bertz CT molecular complexity index is 528. The van der Waals surface area contributed by atoms with Crippen molar-refractivity contribution in [3.05, 3.63) is 48.2 Å². The number of hydrogen-bond acceptors (Lipinski definition) is 3. The van der Waals surface area contributed by atoms with Crippen molar-refractivity contribution in [2.45, 2.75) is 27.0 Å². The van der Waals surface area contributed by atoms with Crippen molar-refractivity contribution in [3.8, 4) is 0 Å². The molecule has 1 saturated heterocycles. The number of cyclic esters (lactones) is 1. The molecule has 19 heavy (non-hydrogen) atoms. The van der Waals surface area contributed by atoms with Gasteiger partial charge in [-0.25, -0.2) is 4.79 Å². The van der Waals surface area contributed by atoms with Gasteiger partial charge in [-0.2, -0.15) is 0 Å². The SMILES string of the molecule is C=C1C(=O)O[C@H](C(C)(C)C)N1C(=O)c1ccccc1. The second-order valence-electron chi connectivity index (χ2n) is 5.61. The Morgan fingerprint density at radius 2 is 1.84 bits per heavy atom. The van der Waals surface area contributed by atoms with Crippen molar-refractivity contribution < 1.29 is 14.3 Å². The zero-order valence-electron chi connectivity index (χ0n) is 11.3. The van der Waals surface area contributed by atoms with Gasteiger partial charge in [-0.3, -0.25) is 9.69 Å². The van der Waals surface area contributed by atoms with E-state index in [0.717, 1.165) is 0 Å². The summed E-state index contributed by atoms with van der Waals surface area (Å²) in [6, 6.07) is 8.80. The minimum absolute atomic E-state index is 0.0915. The molecule has 100 valence electrons. The molecule has 1 aromatic carbocycles. The van der Waals surface area contributed by atoms with Crippen LogP contribution in [0, 0.1) is 5.41 Å². The van der Waals surface area contributed by atoms with Crippen LogP contribution in [0.4, 0.5) is 0 Å². The number of rotatable bonds is 1. The van der Waals surface area contributed by atoms with Crippen LogP contribution in [0.25, 0.3) is 0 Å². The highest BCUT2D eigenvalue weighted by molar-refractivity contribution is 6.02. The van der Waals surface area contributed by atoms with Crippen LogP contribution in [0.1, 0.15) is 31.1 Å². The molecule has 1 atom stereocenters. The van der Waals surface area contributed by atoms with Crippen molar-refractivity contribution >= 4 is 11.9 Å². The Labute approximate surface area is 112 Å². The normalized spacial score (nSPS) is 19.5. The smallest absolute Gasteiger partial charge is 0.356 e. The van der Waals surface area contributed by atoms with Crippen molar-refractivity contribution in [2.75, 3.05) is 0 Å². The molecule has 1 aliphatic heterocycles. The molecular weight excluding hydrogens is 242 g/mol. The number of nitrogens with zero attached hydrogens (tertiary/aromatic N) is 1. The lowest BCUT2D eigenvalue weighted by Gasteiger charge is -2.32. The molecule has 0 unspecified atom stereocenters. The summed E-state index contributed by atoms with van der Waals surface area (Å²) in [5.41, 5.74) is 0.226. The number of hydrogen-bond donors (Lipinski definition) is 0. The minimum Gasteiger partial charge on any atom is -0.436 e. The fourth-order valence-electron chi connectivity index (χ4n) is 1.97. The maximum Gasteiger partial charge on any atom is 0.356 e. The molecule has 1 fully saturated rings. The highest BCUT2D eigenvalue weighted by Crippen LogP contribution is 2.34. The third kappa shape index (κ3) is 2.38. The molecule has 0 spiro atoms. The van der Waals surface area contributed by atoms with Gasteiger partial charge in [0.15, 0.2) is 6.23 Å². The fourth-order valence-corrected chi connectivity index (χ4v) is 1.97. The van der Waals surface area contributed by atoms with Crippen LogP contribution in [0.5, 0.6) is 0 Å². The van der Waals surface area contributed by atoms with Crippen LogP contribution in [0.2, 0.25) is 0 Å². The molecule has 0 aromatic heterocycles. The number of ether oxygens (including phenoxy) is 1. The van der Waals surface area contributed by atoms with E-state index in [0.29, 0.717) is 5.56 Å².